The number of nitrogens with one attached hydrogen (secondary N) is 1. The zero-order valence-electron chi connectivity index (χ0n) is 12.2. The number of methoxy groups -OCH3 is 1. The first kappa shape index (κ1) is 15.3. The van der Waals surface area contributed by atoms with Crippen LogP contribution < -0.4 is 15.8 Å². The minimum atomic E-state index is -0.220. The summed E-state index contributed by atoms with van der Waals surface area (Å²) in [6, 6.07) is 5.24. The van der Waals surface area contributed by atoms with Crippen LogP contribution in [0.2, 0.25) is 0 Å². The van der Waals surface area contributed by atoms with E-state index in [9.17, 15) is 4.79 Å². The molecule has 0 spiro atoms. The summed E-state index contributed by atoms with van der Waals surface area (Å²) in [6.45, 7) is 5.97. The SMILES string of the molecule is COc1cc(N)ccc1NC(=O)C(C)N(C)C(C)C. The van der Waals surface area contributed by atoms with Crippen LogP contribution in [0.25, 0.3) is 0 Å². The maximum absolute atomic E-state index is 12.2. The molecule has 0 heterocycles. The van der Waals surface area contributed by atoms with Crippen LogP contribution in [0.15, 0.2) is 18.2 Å². The molecule has 0 aliphatic heterocycles. The van der Waals surface area contributed by atoms with Gasteiger partial charge in [0.1, 0.15) is 5.75 Å². The van der Waals surface area contributed by atoms with Gasteiger partial charge in [-0.2, -0.15) is 0 Å². The van der Waals surface area contributed by atoms with Crippen molar-refractivity contribution in [2.45, 2.75) is 32.9 Å². The van der Waals surface area contributed by atoms with Crippen molar-refractivity contribution in [2.75, 3.05) is 25.2 Å². The molecule has 1 aromatic carbocycles. The Balaban J connectivity index is 2.82. The number of nitrogens with two attached hydrogens (primary N) is 1. The third kappa shape index (κ3) is 3.86. The lowest BCUT2D eigenvalue weighted by Gasteiger charge is -2.27. The van der Waals surface area contributed by atoms with Gasteiger partial charge in [-0.3, -0.25) is 9.69 Å². The first-order chi connectivity index (χ1) is 8.86. The summed E-state index contributed by atoms with van der Waals surface area (Å²) in [5, 5.41) is 2.86. The van der Waals surface area contributed by atoms with Crippen molar-refractivity contribution in [3.63, 3.8) is 0 Å². The molecule has 1 aromatic rings. The van der Waals surface area contributed by atoms with Gasteiger partial charge in [0, 0.05) is 17.8 Å². The van der Waals surface area contributed by atoms with E-state index < -0.39 is 0 Å². The van der Waals surface area contributed by atoms with Gasteiger partial charge in [0.25, 0.3) is 0 Å². The molecule has 5 nitrogen and oxygen atoms in total. The normalized spacial score (nSPS) is 12.6. The molecule has 19 heavy (non-hydrogen) atoms. The van der Waals surface area contributed by atoms with E-state index in [1.807, 2.05) is 32.7 Å². The van der Waals surface area contributed by atoms with E-state index in [2.05, 4.69) is 5.32 Å². The summed E-state index contributed by atoms with van der Waals surface area (Å²) in [5.41, 5.74) is 6.91. The Hall–Kier alpha value is -1.75. The highest BCUT2D eigenvalue weighted by atomic mass is 16.5. The summed E-state index contributed by atoms with van der Waals surface area (Å²) in [7, 11) is 3.48. The Labute approximate surface area is 114 Å². The van der Waals surface area contributed by atoms with Crippen molar-refractivity contribution in [2.24, 2.45) is 0 Å². The molecule has 0 aliphatic carbocycles. The number of likely N-dealkylation sites (N-methyl/N-ethyl adjacent to an activating group) is 1. The molecule has 0 radical (unpaired) electrons. The van der Waals surface area contributed by atoms with Gasteiger partial charge in [0.15, 0.2) is 0 Å². The fraction of sp³-hybridized carbons (Fsp3) is 0.500. The first-order valence-corrected chi connectivity index (χ1v) is 6.33. The predicted molar refractivity (Wildman–Crippen MR) is 78.4 cm³/mol. The standard InChI is InChI=1S/C14H23N3O2/c1-9(2)17(4)10(3)14(18)16-12-7-6-11(15)8-13(12)19-5/h6-10H,15H2,1-5H3,(H,16,18). The second kappa shape index (κ2) is 6.43. The topological polar surface area (TPSA) is 67.6 Å². The van der Waals surface area contributed by atoms with Crippen molar-refractivity contribution in [1.29, 1.82) is 0 Å². The largest absolute Gasteiger partial charge is 0.494 e. The molecule has 0 aromatic heterocycles. The number of nitrogen functional groups attached to an aromatic ring is 1. The Morgan fingerprint density at radius 2 is 2.00 bits per heavy atom. The number of carbonyl (C=O) groups is 1. The Bertz CT molecular complexity index is 446. The van der Waals surface area contributed by atoms with Crippen LogP contribution in [0, 0.1) is 0 Å². The van der Waals surface area contributed by atoms with E-state index in [0.717, 1.165) is 0 Å². The average Bonchev–Trinajstić information content (AvgIpc) is 2.38. The van der Waals surface area contributed by atoms with Crippen LogP contribution in [0.1, 0.15) is 20.8 Å². The lowest BCUT2D eigenvalue weighted by Crippen LogP contribution is -2.43. The third-order valence-electron chi connectivity index (χ3n) is 3.29. The summed E-state index contributed by atoms with van der Waals surface area (Å²) in [6.07, 6.45) is 0. The van der Waals surface area contributed by atoms with Crippen molar-refractivity contribution in [3.05, 3.63) is 18.2 Å². The quantitative estimate of drug-likeness (QED) is 0.798. The zero-order chi connectivity index (χ0) is 14.6. The van der Waals surface area contributed by atoms with Crippen LogP contribution >= 0.6 is 0 Å². The predicted octanol–water partition coefficient (Wildman–Crippen LogP) is 1.94. The van der Waals surface area contributed by atoms with Crippen LogP contribution in [0.4, 0.5) is 11.4 Å². The second-order valence-corrected chi connectivity index (χ2v) is 4.88. The molecule has 0 bridgehead atoms. The van der Waals surface area contributed by atoms with Crippen LogP contribution in [-0.4, -0.2) is 37.0 Å². The Morgan fingerprint density at radius 1 is 1.37 bits per heavy atom. The highest BCUT2D eigenvalue weighted by molar-refractivity contribution is 5.96. The van der Waals surface area contributed by atoms with E-state index in [0.29, 0.717) is 23.2 Å². The molecule has 0 saturated heterocycles. The van der Waals surface area contributed by atoms with E-state index >= 15 is 0 Å². The van der Waals surface area contributed by atoms with Crippen LogP contribution in [-0.2, 0) is 4.79 Å². The molecule has 1 rings (SSSR count). The molecule has 5 heteroatoms. The van der Waals surface area contributed by atoms with Gasteiger partial charge in [0.2, 0.25) is 5.91 Å². The number of rotatable bonds is 5. The number of hydrogen-bond donors (Lipinski definition) is 2. The Morgan fingerprint density at radius 3 is 2.53 bits per heavy atom. The molecule has 0 aliphatic rings. The molecule has 1 amide bonds. The van der Waals surface area contributed by atoms with Crippen LogP contribution in [0.5, 0.6) is 5.75 Å². The van der Waals surface area contributed by atoms with Crippen molar-refractivity contribution >= 4 is 17.3 Å². The van der Waals surface area contributed by atoms with Crippen molar-refractivity contribution in [1.82, 2.24) is 4.90 Å². The maximum Gasteiger partial charge on any atom is 0.241 e. The average molecular weight is 265 g/mol. The van der Waals surface area contributed by atoms with Crippen molar-refractivity contribution < 1.29 is 9.53 Å². The molecule has 0 fully saturated rings. The van der Waals surface area contributed by atoms with Gasteiger partial charge in [-0.05, 0) is 40.0 Å². The highest BCUT2D eigenvalue weighted by Gasteiger charge is 2.20. The highest BCUT2D eigenvalue weighted by Crippen LogP contribution is 2.26. The van der Waals surface area contributed by atoms with E-state index in [1.165, 1.54) is 0 Å². The van der Waals surface area contributed by atoms with E-state index in [4.69, 9.17) is 10.5 Å². The molecule has 1 unspecified atom stereocenters. The van der Waals surface area contributed by atoms with Crippen molar-refractivity contribution in [3.8, 4) is 5.75 Å². The molecule has 106 valence electrons. The Kier molecular flexibility index (Phi) is 5.18. The minimum absolute atomic E-state index is 0.0701. The van der Waals surface area contributed by atoms with Gasteiger partial charge >= 0.3 is 0 Å². The minimum Gasteiger partial charge on any atom is -0.494 e. The van der Waals surface area contributed by atoms with Gasteiger partial charge < -0.3 is 15.8 Å². The third-order valence-corrected chi connectivity index (χ3v) is 3.29. The number of amides is 1. The lowest BCUT2D eigenvalue weighted by molar-refractivity contribution is -0.120. The summed E-state index contributed by atoms with van der Waals surface area (Å²) < 4.78 is 5.21. The smallest absolute Gasteiger partial charge is 0.241 e. The summed E-state index contributed by atoms with van der Waals surface area (Å²) >= 11 is 0. The number of nitrogens with zero attached hydrogens (tertiary/aromatic N) is 1. The first-order valence-electron chi connectivity index (χ1n) is 6.33. The van der Waals surface area contributed by atoms with E-state index in [-0.39, 0.29) is 11.9 Å². The monoisotopic (exact) mass is 265 g/mol. The number of ether oxygens (including phenoxy) is 1. The van der Waals surface area contributed by atoms with Crippen LogP contribution in [0.3, 0.4) is 0 Å². The molecule has 0 saturated carbocycles. The molecular formula is C14H23N3O2. The summed E-state index contributed by atoms with van der Waals surface area (Å²) in [4.78, 5) is 14.2. The second-order valence-electron chi connectivity index (χ2n) is 4.88. The maximum atomic E-state index is 12.2. The van der Waals surface area contributed by atoms with Gasteiger partial charge in [-0.15, -0.1) is 0 Å². The van der Waals surface area contributed by atoms with Gasteiger partial charge in [0.05, 0.1) is 18.8 Å². The number of benzene rings is 1. The lowest BCUT2D eigenvalue weighted by atomic mass is 10.2. The van der Waals surface area contributed by atoms with Gasteiger partial charge in [-0.1, -0.05) is 0 Å². The summed E-state index contributed by atoms with van der Waals surface area (Å²) in [5.74, 6) is 0.493. The van der Waals surface area contributed by atoms with E-state index in [1.54, 1.807) is 25.3 Å². The fourth-order valence-corrected chi connectivity index (χ4v) is 1.68. The fourth-order valence-electron chi connectivity index (χ4n) is 1.68. The number of anilines is 2. The number of carbonyl (C=O) groups excluding carboxylic acids is 1. The van der Waals surface area contributed by atoms with Gasteiger partial charge in [-0.25, -0.2) is 0 Å². The zero-order valence-corrected chi connectivity index (χ0v) is 12.2. The molecular weight excluding hydrogens is 242 g/mol. The molecule has 1 atom stereocenters. The molecule has 3 N–H and O–H groups in total. The number of hydrogen-bond acceptors (Lipinski definition) is 4.